The van der Waals surface area contributed by atoms with E-state index in [1.165, 1.54) is 0 Å². The van der Waals surface area contributed by atoms with Crippen LogP contribution >= 0.6 is 0 Å². The lowest BCUT2D eigenvalue weighted by atomic mass is 10.5. The molecule has 0 aliphatic carbocycles. The molecule has 0 radical (unpaired) electrons. The Hall–Kier alpha value is -0.593. The van der Waals surface area contributed by atoms with Crippen LogP contribution < -0.4 is 11.1 Å². The molecule has 0 heterocycles. The molecule has 0 aromatic carbocycles. The zero-order valence-corrected chi connectivity index (χ0v) is 11.0. The summed E-state index contributed by atoms with van der Waals surface area (Å²) in [5, 5.41) is 2.69. The summed E-state index contributed by atoms with van der Waals surface area (Å²) in [6.45, 7) is 8.93. The van der Waals surface area contributed by atoms with Gasteiger partial charge in [0.1, 0.15) is 0 Å². The highest BCUT2D eigenvalue weighted by atomic mass is 28.4. The minimum absolute atomic E-state index is 0.102. The van der Waals surface area contributed by atoms with Gasteiger partial charge in [0.05, 0.1) is 5.67 Å². The molecule has 0 spiro atoms. The van der Waals surface area contributed by atoms with Crippen molar-refractivity contribution in [2.45, 2.75) is 39.4 Å². The van der Waals surface area contributed by atoms with E-state index in [9.17, 15) is 4.79 Å². The highest BCUT2D eigenvalue weighted by molar-refractivity contribution is 6.68. The van der Waals surface area contributed by atoms with Crippen molar-refractivity contribution >= 4 is 14.6 Å². The molecule has 5 nitrogen and oxygen atoms in total. The standard InChI is InChI=1S/C9H22N2O3Si/c1-5-8(11-9(10)12)15(4,13-6-2)14-7-3/h8H,5-7H2,1-4H3,(H3,10,11,12). The molecule has 0 aliphatic rings. The maximum absolute atomic E-state index is 10.8. The maximum atomic E-state index is 10.8. The number of carbonyl (C=O) groups excluding carboxylic acids is 1. The van der Waals surface area contributed by atoms with E-state index in [0.29, 0.717) is 13.2 Å². The molecule has 0 bridgehead atoms. The molecule has 3 N–H and O–H groups in total. The number of hydrogen-bond acceptors (Lipinski definition) is 3. The van der Waals surface area contributed by atoms with Gasteiger partial charge in [0.25, 0.3) is 0 Å². The predicted molar refractivity (Wildman–Crippen MR) is 61.7 cm³/mol. The third-order valence-corrected chi connectivity index (χ3v) is 5.76. The van der Waals surface area contributed by atoms with E-state index in [4.69, 9.17) is 14.6 Å². The minimum atomic E-state index is -2.35. The van der Waals surface area contributed by atoms with E-state index in [0.717, 1.165) is 6.42 Å². The fourth-order valence-corrected chi connectivity index (χ4v) is 4.37. The molecule has 2 amide bonds. The molecule has 1 atom stereocenters. The number of primary amides is 1. The van der Waals surface area contributed by atoms with E-state index in [-0.39, 0.29) is 5.67 Å². The van der Waals surface area contributed by atoms with Crippen LogP contribution in [0.4, 0.5) is 4.79 Å². The molecule has 1 unspecified atom stereocenters. The lowest BCUT2D eigenvalue weighted by Gasteiger charge is -2.33. The molecule has 0 aromatic rings. The van der Waals surface area contributed by atoms with Crippen molar-refractivity contribution < 1.29 is 13.6 Å². The van der Waals surface area contributed by atoms with Gasteiger partial charge < -0.3 is 19.9 Å². The van der Waals surface area contributed by atoms with Crippen LogP contribution in [0.3, 0.4) is 0 Å². The normalized spacial score (nSPS) is 13.6. The van der Waals surface area contributed by atoms with E-state index in [1.807, 2.05) is 27.3 Å². The smallest absolute Gasteiger partial charge is 0.358 e. The second kappa shape index (κ2) is 6.81. The summed E-state index contributed by atoms with van der Waals surface area (Å²) in [6, 6.07) is -0.528. The molecule has 0 saturated carbocycles. The Morgan fingerprint density at radius 1 is 1.33 bits per heavy atom. The van der Waals surface area contributed by atoms with Crippen molar-refractivity contribution in [2.24, 2.45) is 5.73 Å². The Labute approximate surface area is 92.6 Å². The van der Waals surface area contributed by atoms with Crippen LogP contribution in [0.15, 0.2) is 0 Å². The van der Waals surface area contributed by atoms with Gasteiger partial charge in [-0.05, 0) is 26.8 Å². The summed E-state index contributed by atoms with van der Waals surface area (Å²) in [7, 11) is -2.35. The maximum Gasteiger partial charge on any atom is 0.358 e. The van der Waals surface area contributed by atoms with Crippen LogP contribution in [0.1, 0.15) is 27.2 Å². The lowest BCUT2D eigenvalue weighted by Crippen LogP contribution is -2.59. The number of amides is 2. The average Bonchev–Trinajstić information content (AvgIpc) is 2.14. The second-order valence-corrected chi connectivity index (χ2v) is 6.66. The molecule has 6 heteroatoms. The summed E-state index contributed by atoms with van der Waals surface area (Å²) in [5.74, 6) is 0. The molecule has 0 aromatic heterocycles. The van der Waals surface area contributed by atoms with Crippen molar-refractivity contribution in [1.82, 2.24) is 5.32 Å². The van der Waals surface area contributed by atoms with E-state index >= 15 is 0 Å². The summed E-state index contributed by atoms with van der Waals surface area (Å²) in [6.07, 6.45) is 0.756. The first-order valence-electron chi connectivity index (χ1n) is 5.34. The second-order valence-electron chi connectivity index (χ2n) is 3.35. The van der Waals surface area contributed by atoms with Crippen molar-refractivity contribution in [3.05, 3.63) is 0 Å². The zero-order valence-electron chi connectivity index (χ0n) is 10.0. The Balaban J connectivity index is 4.59. The van der Waals surface area contributed by atoms with Gasteiger partial charge in [-0.3, -0.25) is 0 Å². The lowest BCUT2D eigenvalue weighted by molar-refractivity contribution is 0.173. The number of carbonyl (C=O) groups is 1. The molecule has 0 saturated heterocycles. The van der Waals surface area contributed by atoms with Gasteiger partial charge in [-0.25, -0.2) is 4.79 Å². The first-order valence-corrected chi connectivity index (χ1v) is 7.73. The SMILES string of the molecule is CCO[Si](C)(OCC)C(CC)NC(N)=O. The van der Waals surface area contributed by atoms with Crippen molar-refractivity contribution in [3.8, 4) is 0 Å². The highest BCUT2D eigenvalue weighted by Crippen LogP contribution is 2.15. The molecule has 0 fully saturated rings. The van der Waals surface area contributed by atoms with Crippen LogP contribution in [0.5, 0.6) is 0 Å². The molecular formula is C9H22N2O3Si. The first-order chi connectivity index (χ1) is 7.00. The van der Waals surface area contributed by atoms with Crippen LogP contribution in [0.25, 0.3) is 0 Å². The molecule has 0 aliphatic heterocycles. The van der Waals surface area contributed by atoms with Crippen LogP contribution in [-0.4, -0.2) is 33.5 Å². The first kappa shape index (κ1) is 14.4. The molecule has 0 rings (SSSR count). The fourth-order valence-electron chi connectivity index (χ4n) is 1.59. The topological polar surface area (TPSA) is 73.6 Å². The van der Waals surface area contributed by atoms with Crippen LogP contribution in [-0.2, 0) is 8.85 Å². The van der Waals surface area contributed by atoms with Gasteiger partial charge in [0.2, 0.25) is 0 Å². The number of nitrogens with one attached hydrogen (secondary N) is 1. The third kappa shape index (κ3) is 4.63. The van der Waals surface area contributed by atoms with Gasteiger partial charge >= 0.3 is 14.6 Å². The quantitative estimate of drug-likeness (QED) is 0.648. The third-order valence-electron chi connectivity index (χ3n) is 2.22. The number of nitrogens with two attached hydrogens (primary N) is 1. The summed E-state index contributed by atoms with van der Waals surface area (Å²) in [5.41, 5.74) is 5.02. The number of urea groups is 1. The Bertz CT molecular complexity index is 196. The van der Waals surface area contributed by atoms with Gasteiger partial charge in [-0.2, -0.15) is 0 Å². The van der Waals surface area contributed by atoms with Gasteiger partial charge in [0.15, 0.2) is 0 Å². The monoisotopic (exact) mass is 234 g/mol. The predicted octanol–water partition coefficient (Wildman–Crippen LogP) is 1.12. The summed E-state index contributed by atoms with van der Waals surface area (Å²) in [4.78, 5) is 10.8. The van der Waals surface area contributed by atoms with Crippen molar-refractivity contribution in [2.75, 3.05) is 13.2 Å². The number of rotatable bonds is 7. The van der Waals surface area contributed by atoms with Crippen molar-refractivity contribution in [3.63, 3.8) is 0 Å². The Morgan fingerprint density at radius 2 is 1.80 bits per heavy atom. The summed E-state index contributed by atoms with van der Waals surface area (Å²) >= 11 is 0. The van der Waals surface area contributed by atoms with Crippen LogP contribution in [0.2, 0.25) is 6.55 Å². The Kier molecular flexibility index (Phi) is 6.54. The Morgan fingerprint density at radius 3 is 2.07 bits per heavy atom. The average molecular weight is 234 g/mol. The number of hydrogen-bond donors (Lipinski definition) is 2. The fraction of sp³-hybridized carbons (Fsp3) is 0.889. The van der Waals surface area contributed by atoms with Crippen molar-refractivity contribution in [1.29, 1.82) is 0 Å². The highest BCUT2D eigenvalue weighted by Gasteiger charge is 2.40. The van der Waals surface area contributed by atoms with Gasteiger partial charge in [0, 0.05) is 13.2 Å². The molecular weight excluding hydrogens is 212 g/mol. The van der Waals surface area contributed by atoms with Gasteiger partial charge in [-0.1, -0.05) is 6.92 Å². The molecule has 15 heavy (non-hydrogen) atoms. The van der Waals surface area contributed by atoms with E-state index in [1.54, 1.807) is 0 Å². The van der Waals surface area contributed by atoms with Gasteiger partial charge in [-0.15, -0.1) is 0 Å². The minimum Gasteiger partial charge on any atom is -0.394 e. The van der Waals surface area contributed by atoms with E-state index < -0.39 is 14.6 Å². The molecule has 90 valence electrons. The largest absolute Gasteiger partial charge is 0.394 e. The summed E-state index contributed by atoms with van der Waals surface area (Å²) < 4.78 is 11.3. The van der Waals surface area contributed by atoms with E-state index in [2.05, 4.69) is 5.32 Å². The zero-order chi connectivity index (χ0) is 11.9. The van der Waals surface area contributed by atoms with Crippen LogP contribution in [0, 0.1) is 0 Å².